The number of carbonyl (C=O) groups is 3. The first-order valence-corrected chi connectivity index (χ1v) is 13.5. The van der Waals surface area contributed by atoms with Crippen LogP contribution in [0.1, 0.15) is 105 Å². The second-order valence-corrected chi connectivity index (χ2v) is 11.0. The summed E-state index contributed by atoms with van der Waals surface area (Å²) in [6.07, 6.45) is 3.91. The molecule has 3 unspecified atom stereocenters. The zero-order valence-corrected chi connectivity index (χ0v) is 23.9. The van der Waals surface area contributed by atoms with E-state index in [0.29, 0.717) is 13.0 Å². The van der Waals surface area contributed by atoms with Crippen LogP contribution in [0, 0.1) is 12.8 Å². The molecule has 7 nitrogen and oxygen atoms in total. The molecule has 1 rings (SSSR count). The smallest absolute Gasteiger partial charge is 0.408 e. The summed E-state index contributed by atoms with van der Waals surface area (Å²) in [6.45, 7) is 17.6. The number of unbranched alkanes of at least 4 members (excludes halogenated alkanes) is 3. The fourth-order valence-electron chi connectivity index (χ4n) is 4.08. The van der Waals surface area contributed by atoms with Crippen molar-refractivity contribution in [3.8, 4) is 0 Å². The molecule has 36 heavy (non-hydrogen) atoms. The van der Waals surface area contributed by atoms with Gasteiger partial charge >= 0.3 is 6.09 Å². The SMILES string of the molecule is CCCCCCN(C(=O)C(NC(=O)OC(C)(C)C)C(C)CC)C(C(=O)NC(C)C)c1ccccc1C. The molecule has 0 fully saturated rings. The van der Waals surface area contributed by atoms with Crippen LogP contribution in [-0.2, 0) is 14.3 Å². The van der Waals surface area contributed by atoms with E-state index >= 15 is 0 Å². The number of benzene rings is 1. The fraction of sp³-hybridized carbons (Fsp3) is 0.690. The third-order valence-corrected chi connectivity index (χ3v) is 6.16. The van der Waals surface area contributed by atoms with Gasteiger partial charge < -0.3 is 20.3 Å². The van der Waals surface area contributed by atoms with E-state index in [0.717, 1.165) is 36.8 Å². The molecule has 0 aliphatic rings. The minimum absolute atomic E-state index is 0.0775. The van der Waals surface area contributed by atoms with Crippen molar-refractivity contribution in [3.63, 3.8) is 0 Å². The highest BCUT2D eigenvalue weighted by atomic mass is 16.6. The Morgan fingerprint density at radius 3 is 2.14 bits per heavy atom. The van der Waals surface area contributed by atoms with Crippen molar-refractivity contribution in [3.05, 3.63) is 35.4 Å². The molecule has 0 spiro atoms. The van der Waals surface area contributed by atoms with Gasteiger partial charge in [-0.25, -0.2) is 4.79 Å². The van der Waals surface area contributed by atoms with Crippen LogP contribution in [0.25, 0.3) is 0 Å². The van der Waals surface area contributed by atoms with Gasteiger partial charge in [0.1, 0.15) is 17.7 Å². The molecule has 0 aromatic heterocycles. The number of nitrogens with zero attached hydrogens (tertiary/aromatic N) is 1. The molecular weight excluding hydrogens is 454 g/mol. The molecule has 1 aromatic rings. The minimum atomic E-state index is -0.811. The van der Waals surface area contributed by atoms with Gasteiger partial charge in [-0.05, 0) is 65.0 Å². The highest BCUT2D eigenvalue weighted by molar-refractivity contribution is 5.92. The number of ether oxygens (including phenoxy) is 1. The van der Waals surface area contributed by atoms with Crippen molar-refractivity contribution in [2.24, 2.45) is 5.92 Å². The number of hydrogen-bond acceptors (Lipinski definition) is 4. The third-order valence-electron chi connectivity index (χ3n) is 6.16. The van der Waals surface area contributed by atoms with Crippen LogP contribution in [0.15, 0.2) is 24.3 Å². The van der Waals surface area contributed by atoms with Crippen molar-refractivity contribution in [1.82, 2.24) is 15.5 Å². The van der Waals surface area contributed by atoms with Crippen LogP contribution in [0.4, 0.5) is 4.79 Å². The molecule has 3 atom stereocenters. The average Bonchev–Trinajstić information content (AvgIpc) is 2.77. The Morgan fingerprint density at radius 1 is 0.972 bits per heavy atom. The number of carbonyl (C=O) groups excluding carboxylic acids is 3. The van der Waals surface area contributed by atoms with E-state index in [1.807, 2.05) is 58.9 Å². The molecule has 2 N–H and O–H groups in total. The van der Waals surface area contributed by atoms with Crippen LogP contribution in [-0.4, -0.2) is 47.0 Å². The standard InChI is InChI=1S/C29H49N3O4/c1-10-12-13-16-19-32(25(26(33)30-20(3)4)23-18-15-14-17-22(23)6)27(34)24(21(5)11-2)31-28(35)36-29(7,8)9/h14-15,17-18,20-21,24-25H,10-13,16,19H2,1-9H3,(H,30,33)(H,31,35). The first kappa shape index (κ1) is 31.5. The van der Waals surface area contributed by atoms with Crippen molar-refractivity contribution in [2.45, 2.75) is 118 Å². The fourth-order valence-corrected chi connectivity index (χ4v) is 4.08. The van der Waals surface area contributed by atoms with Crippen molar-refractivity contribution in [1.29, 1.82) is 0 Å². The summed E-state index contributed by atoms with van der Waals surface area (Å²) < 4.78 is 5.47. The van der Waals surface area contributed by atoms with Gasteiger partial charge in [0.25, 0.3) is 0 Å². The Morgan fingerprint density at radius 2 is 1.61 bits per heavy atom. The monoisotopic (exact) mass is 503 g/mol. The van der Waals surface area contributed by atoms with E-state index in [1.165, 1.54) is 0 Å². The van der Waals surface area contributed by atoms with Gasteiger partial charge in [-0.2, -0.15) is 0 Å². The highest BCUT2D eigenvalue weighted by Crippen LogP contribution is 2.28. The van der Waals surface area contributed by atoms with E-state index in [1.54, 1.807) is 25.7 Å². The van der Waals surface area contributed by atoms with Crippen molar-refractivity contribution in [2.75, 3.05) is 6.54 Å². The zero-order chi connectivity index (χ0) is 27.5. The number of hydrogen-bond donors (Lipinski definition) is 2. The lowest BCUT2D eigenvalue weighted by atomic mass is 9.94. The summed E-state index contributed by atoms with van der Waals surface area (Å²) in [4.78, 5) is 42.2. The Balaban J connectivity index is 3.51. The van der Waals surface area contributed by atoms with Gasteiger partial charge in [0.15, 0.2) is 0 Å². The maximum Gasteiger partial charge on any atom is 0.408 e. The number of nitrogens with one attached hydrogen (secondary N) is 2. The van der Waals surface area contributed by atoms with Gasteiger partial charge in [-0.3, -0.25) is 9.59 Å². The van der Waals surface area contributed by atoms with Crippen LogP contribution in [0.3, 0.4) is 0 Å². The van der Waals surface area contributed by atoms with Gasteiger partial charge in [0, 0.05) is 12.6 Å². The van der Waals surface area contributed by atoms with Crippen LogP contribution in [0.2, 0.25) is 0 Å². The summed E-state index contributed by atoms with van der Waals surface area (Å²) >= 11 is 0. The summed E-state index contributed by atoms with van der Waals surface area (Å²) in [5, 5.41) is 5.84. The van der Waals surface area contributed by atoms with Gasteiger partial charge in [-0.15, -0.1) is 0 Å². The number of amides is 3. The summed E-state index contributed by atoms with van der Waals surface area (Å²) in [5.74, 6) is -0.629. The summed E-state index contributed by atoms with van der Waals surface area (Å²) in [6, 6.07) is 6.00. The van der Waals surface area contributed by atoms with E-state index in [-0.39, 0.29) is 23.8 Å². The molecule has 3 amide bonds. The Kier molecular flexibility index (Phi) is 13.0. The molecule has 1 aromatic carbocycles. The maximum atomic E-state index is 14.2. The lowest BCUT2D eigenvalue weighted by Gasteiger charge is -2.37. The van der Waals surface area contributed by atoms with Crippen LogP contribution in [0.5, 0.6) is 0 Å². The zero-order valence-electron chi connectivity index (χ0n) is 23.9. The second kappa shape index (κ2) is 14.9. The van der Waals surface area contributed by atoms with Crippen molar-refractivity contribution >= 4 is 17.9 Å². The maximum absolute atomic E-state index is 14.2. The van der Waals surface area contributed by atoms with Crippen LogP contribution >= 0.6 is 0 Å². The van der Waals surface area contributed by atoms with Crippen LogP contribution < -0.4 is 10.6 Å². The predicted octanol–water partition coefficient (Wildman–Crippen LogP) is 5.91. The molecule has 0 aliphatic carbocycles. The molecule has 7 heteroatoms. The molecule has 0 saturated carbocycles. The predicted molar refractivity (Wildman–Crippen MR) is 146 cm³/mol. The van der Waals surface area contributed by atoms with Gasteiger partial charge in [-0.1, -0.05) is 70.7 Å². The largest absolute Gasteiger partial charge is 0.444 e. The Hall–Kier alpha value is -2.57. The molecule has 0 saturated heterocycles. The second-order valence-electron chi connectivity index (χ2n) is 11.0. The van der Waals surface area contributed by atoms with E-state index in [2.05, 4.69) is 17.6 Å². The quantitative estimate of drug-likeness (QED) is 0.328. The highest BCUT2D eigenvalue weighted by Gasteiger charge is 2.38. The van der Waals surface area contributed by atoms with E-state index < -0.39 is 23.8 Å². The van der Waals surface area contributed by atoms with E-state index in [9.17, 15) is 14.4 Å². The Bertz CT molecular complexity index is 847. The molecule has 0 aliphatic heterocycles. The lowest BCUT2D eigenvalue weighted by molar-refractivity contribution is -0.143. The van der Waals surface area contributed by atoms with Crippen molar-refractivity contribution < 1.29 is 19.1 Å². The number of aryl methyl sites for hydroxylation is 1. The minimum Gasteiger partial charge on any atom is -0.444 e. The molecule has 0 bridgehead atoms. The first-order valence-electron chi connectivity index (χ1n) is 13.5. The lowest BCUT2D eigenvalue weighted by Crippen LogP contribution is -2.55. The molecular formula is C29H49N3O4. The van der Waals surface area contributed by atoms with Gasteiger partial charge in [0.05, 0.1) is 0 Å². The number of alkyl carbamates (subject to hydrolysis) is 1. The van der Waals surface area contributed by atoms with Gasteiger partial charge in [0.2, 0.25) is 11.8 Å². The first-order chi connectivity index (χ1) is 16.8. The van der Waals surface area contributed by atoms with E-state index in [4.69, 9.17) is 4.74 Å². The third kappa shape index (κ3) is 10.2. The molecule has 0 heterocycles. The topological polar surface area (TPSA) is 87.7 Å². The Labute approximate surface area is 218 Å². The normalized spacial score (nSPS) is 14.1. The summed E-state index contributed by atoms with van der Waals surface area (Å²) in [7, 11) is 0. The molecule has 0 radical (unpaired) electrons. The molecule has 204 valence electrons. The number of rotatable bonds is 13. The summed E-state index contributed by atoms with van der Waals surface area (Å²) in [5.41, 5.74) is 1.04. The average molecular weight is 504 g/mol.